The number of hydrogen-bond acceptors (Lipinski definition) is 2. The molecule has 0 aliphatic heterocycles. The summed E-state index contributed by atoms with van der Waals surface area (Å²) in [5.74, 6) is -0.0127. The lowest BCUT2D eigenvalue weighted by molar-refractivity contribution is 0.216. The lowest BCUT2D eigenvalue weighted by atomic mass is 10.1. The maximum Gasteiger partial charge on any atom is 0.315 e. The number of nitrogens with one attached hydrogen (secondary N) is 2. The second-order valence-corrected chi connectivity index (χ2v) is 5.82. The first-order valence-electron chi connectivity index (χ1n) is 7.18. The van der Waals surface area contributed by atoms with Crippen LogP contribution in [0.15, 0.2) is 18.2 Å². The quantitative estimate of drug-likeness (QED) is 0.756. The Bertz CT molecular complexity index is 512. The van der Waals surface area contributed by atoms with Gasteiger partial charge in [0.2, 0.25) is 0 Å². The van der Waals surface area contributed by atoms with Crippen LogP contribution in [0, 0.1) is 11.7 Å². The minimum Gasteiger partial charge on any atom is -0.394 e. The van der Waals surface area contributed by atoms with E-state index < -0.39 is 11.9 Å². The van der Waals surface area contributed by atoms with E-state index >= 15 is 0 Å². The van der Waals surface area contributed by atoms with Gasteiger partial charge in [-0.15, -0.1) is 0 Å². The summed E-state index contributed by atoms with van der Waals surface area (Å²) in [5.41, 5.74) is 0.482. The molecule has 1 fully saturated rings. The number of benzene rings is 1. The molecule has 1 aliphatic rings. The Balaban J connectivity index is 1.89. The molecule has 0 saturated heterocycles. The Morgan fingerprint density at radius 2 is 2.33 bits per heavy atom. The first kappa shape index (κ1) is 16.0. The maximum atomic E-state index is 13.4. The number of urea groups is 1. The van der Waals surface area contributed by atoms with Gasteiger partial charge in [0.15, 0.2) is 0 Å². The van der Waals surface area contributed by atoms with Crippen molar-refractivity contribution in [3.05, 3.63) is 34.6 Å². The highest BCUT2D eigenvalue weighted by atomic mass is 35.5. The Labute approximate surface area is 128 Å². The van der Waals surface area contributed by atoms with E-state index in [0.29, 0.717) is 11.5 Å². The van der Waals surface area contributed by atoms with Crippen molar-refractivity contribution in [1.82, 2.24) is 10.6 Å². The van der Waals surface area contributed by atoms with Crippen molar-refractivity contribution >= 4 is 17.6 Å². The molecule has 0 spiro atoms. The summed E-state index contributed by atoms with van der Waals surface area (Å²) < 4.78 is 13.4. The Morgan fingerprint density at radius 3 is 2.95 bits per heavy atom. The molecule has 2 rings (SSSR count). The van der Waals surface area contributed by atoms with E-state index in [0.717, 1.165) is 19.3 Å². The number of carbonyl (C=O) groups excluding carboxylic acids is 1. The van der Waals surface area contributed by atoms with Crippen LogP contribution in [0.25, 0.3) is 0 Å². The molecule has 0 heterocycles. The van der Waals surface area contributed by atoms with Crippen LogP contribution in [0.2, 0.25) is 5.02 Å². The average molecular weight is 315 g/mol. The third-order valence-electron chi connectivity index (χ3n) is 3.73. The molecule has 21 heavy (non-hydrogen) atoms. The molecule has 6 heteroatoms. The third kappa shape index (κ3) is 4.32. The molecule has 0 bridgehead atoms. The molecule has 1 saturated carbocycles. The number of aliphatic hydroxyl groups excluding tert-OH is 1. The van der Waals surface area contributed by atoms with Crippen LogP contribution in [-0.2, 0) is 0 Å². The standard InChI is InChI=1S/C15H20ClFN2O2/c1-2-3-9-7-13(9)18-15(21)19-14(8-20)10-4-5-11(16)12(17)6-10/h4-6,9,13-14,20H,2-3,7-8H2,1H3,(H2,18,19,21). The van der Waals surface area contributed by atoms with E-state index in [1.807, 2.05) is 0 Å². The van der Waals surface area contributed by atoms with Gasteiger partial charge in [0.1, 0.15) is 5.82 Å². The zero-order valence-corrected chi connectivity index (χ0v) is 12.7. The van der Waals surface area contributed by atoms with Crippen molar-refractivity contribution in [2.75, 3.05) is 6.61 Å². The second kappa shape index (κ2) is 7.09. The van der Waals surface area contributed by atoms with Gasteiger partial charge in [-0.1, -0.05) is 31.0 Å². The van der Waals surface area contributed by atoms with E-state index in [-0.39, 0.29) is 23.7 Å². The molecule has 3 N–H and O–H groups in total. The third-order valence-corrected chi connectivity index (χ3v) is 4.04. The summed E-state index contributed by atoms with van der Waals surface area (Å²) >= 11 is 5.62. The summed E-state index contributed by atoms with van der Waals surface area (Å²) in [5, 5.41) is 14.9. The van der Waals surface area contributed by atoms with Crippen molar-refractivity contribution < 1.29 is 14.3 Å². The fourth-order valence-electron chi connectivity index (χ4n) is 2.45. The van der Waals surface area contributed by atoms with E-state index in [2.05, 4.69) is 17.6 Å². The predicted molar refractivity (Wildman–Crippen MR) is 79.7 cm³/mol. The highest BCUT2D eigenvalue weighted by Gasteiger charge is 2.37. The smallest absolute Gasteiger partial charge is 0.315 e. The van der Waals surface area contributed by atoms with Gasteiger partial charge in [-0.2, -0.15) is 0 Å². The van der Waals surface area contributed by atoms with Crippen LogP contribution in [-0.4, -0.2) is 23.8 Å². The highest BCUT2D eigenvalue weighted by molar-refractivity contribution is 6.30. The van der Waals surface area contributed by atoms with Crippen molar-refractivity contribution in [3.8, 4) is 0 Å². The zero-order chi connectivity index (χ0) is 15.4. The number of amides is 2. The molecule has 3 unspecified atom stereocenters. The van der Waals surface area contributed by atoms with Crippen LogP contribution in [0.1, 0.15) is 37.8 Å². The topological polar surface area (TPSA) is 61.4 Å². The monoisotopic (exact) mass is 314 g/mol. The summed E-state index contributed by atoms with van der Waals surface area (Å²) in [6.45, 7) is 1.81. The van der Waals surface area contributed by atoms with Crippen molar-refractivity contribution in [2.45, 2.75) is 38.3 Å². The lowest BCUT2D eigenvalue weighted by Crippen LogP contribution is -2.40. The maximum absolute atomic E-state index is 13.4. The molecule has 1 aliphatic carbocycles. The molecule has 116 valence electrons. The van der Waals surface area contributed by atoms with Gasteiger partial charge in [-0.3, -0.25) is 0 Å². The van der Waals surface area contributed by atoms with Gasteiger partial charge in [-0.25, -0.2) is 9.18 Å². The van der Waals surface area contributed by atoms with Crippen LogP contribution in [0.3, 0.4) is 0 Å². The van der Waals surface area contributed by atoms with Crippen molar-refractivity contribution in [3.63, 3.8) is 0 Å². The first-order valence-corrected chi connectivity index (χ1v) is 7.55. The predicted octanol–water partition coefficient (Wildman–Crippen LogP) is 3.00. The summed E-state index contributed by atoms with van der Waals surface area (Å²) in [7, 11) is 0. The van der Waals surface area contributed by atoms with Crippen molar-refractivity contribution in [2.24, 2.45) is 5.92 Å². The van der Waals surface area contributed by atoms with Gasteiger partial charge in [0.25, 0.3) is 0 Å². The van der Waals surface area contributed by atoms with Gasteiger partial charge < -0.3 is 15.7 Å². The van der Waals surface area contributed by atoms with Crippen molar-refractivity contribution in [1.29, 1.82) is 0 Å². The summed E-state index contributed by atoms with van der Waals surface area (Å²) in [6, 6.07) is 3.44. The number of halogens is 2. The molecule has 0 aromatic heterocycles. The van der Waals surface area contributed by atoms with Crippen LogP contribution in [0.4, 0.5) is 9.18 Å². The van der Waals surface area contributed by atoms with E-state index in [9.17, 15) is 14.3 Å². The number of aliphatic hydroxyl groups is 1. The first-order chi connectivity index (χ1) is 10.0. The SMILES string of the molecule is CCCC1CC1NC(=O)NC(CO)c1ccc(Cl)c(F)c1. The minimum atomic E-state index is -0.653. The fourth-order valence-corrected chi connectivity index (χ4v) is 2.56. The number of rotatable bonds is 6. The fraction of sp³-hybridized carbons (Fsp3) is 0.533. The molecule has 1 aromatic rings. The average Bonchev–Trinajstić information content (AvgIpc) is 3.17. The van der Waals surface area contributed by atoms with Crippen LogP contribution < -0.4 is 10.6 Å². The number of hydrogen-bond donors (Lipinski definition) is 3. The summed E-state index contributed by atoms with van der Waals surface area (Å²) in [6.07, 6.45) is 3.21. The molecule has 3 atom stereocenters. The molecular formula is C15H20ClFN2O2. The lowest BCUT2D eigenvalue weighted by Gasteiger charge is -2.17. The molecule has 0 radical (unpaired) electrons. The van der Waals surface area contributed by atoms with E-state index in [1.165, 1.54) is 12.1 Å². The van der Waals surface area contributed by atoms with Gasteiger partial charge in [0.05, 0.1) is 17.7 Å². The summed E-state index contributed by atoms with van der Waals surface area (Å²) in [4.78, 5) is 11.9. The Hall–Kier alpha value is -1.33. The Kier molecular flexibility index (Phi) is 5.42. The zero-order valence-electron chi connectivity index (χ0n) is 11.9. The van der Waals surface area contributed by atoms with E-state index in [1.54, 1.807) is 6.07 Å². The van der Waals surface area contributed by atoms with Gasteiger partial charge >= 0.3 is 6.03 Å². The molecule has 1 aromatic carbocycles. The molecule has 2 amide bonds. The highest BCUT2D eigenvalue weighted by Crippen LogP contribution is 2.34. The minimum absolute atomic E-state index is 0.0141. The normalized spacial score (nSPS) is 21.7. The molecule has 4 nitrogen and oxygen atoms in total. The van der Waals surface area contributed by atoms with E-state index in [4.69, 9.17) is 11.6 Å². The van der Waals surface area contributed by atoms with Crippen LogP contribution in [0.5, 0.6) is 0 Å². The Morgan fingerprint density at radius 1 is 1.57 bits per heavy atom. The second-order valence-electron chi connectivity index (χ2n) is 5.42. The molecular weight excluding hydrogens is 295 g/mol. The van der Waals surface area contributed by atoms with Gasteiger partial charge in [0, 0.05) is 6.04 Å². The van der Waals surface area contributed by atoms with Crippen LogP contribution >= 0.6 is 11.6 Å². The van der Waals surface area contributed by atoms with Gasteiger partial charge in [-0.05, 0) is 36.5 Å². The number of carbonyl (C=O) groups is 1. The largest absolute Gasteiger partial charge is 0.394 e.